The van der Waals surface area contributed by atoms with Gasteiger partial charge in [-0.3, -0.25) is 0 Å². The summed E-state index contributed by atoms with van der Waals surface area (Å²) in [4.78, 5) is 0. The number of rotatable bonds is 4. The summed E-state index contributed by atoms with van der Waals surface area (Å²) >= 11 is 0. The zero-order valence-electron chi connectivity index (χ0n) is 9.95. The van der Waals surface area contributed by atoms with Crippen LogP contribution in [0.3, 0.4) is 0 Å². The van der Waals surface area contributed by atoms with E-state index < -0.39 is 0 Å². The van der Waals surface area contributed by atoms with E-state index in [0.29, 0.717) is 18.2 Å². The van der Waals surface area contributed by atoms with E-state index in [0.717, 1.165) is 5.92 Å². The Labute approximate surface area is 93.6 Å². The van der Waals surface area contributed by atoms with Crippen molar-refractivity contribution >= 4 is 0 Å². The maximum Gasteiger partial charge on any atom is 0.0580 e. The third-order valence-corrected chi connectivity index (χ3v) is 4.15. The fraction of sp³-hybridized carbons (Fsp3) is 1.00. The number of nitrogens with two attached hydrogens (primary N) is 1. The Kier molecular flexibility index (Phi) is 4.04. The first kappa shape index (κ1) is 11.4. The molecular formula is C13H25NO. The molecule has 0 aromatic heterocycles. The molecule has 2 N–H and O–H groups in total. The molecule has 2 heteroatoms. The van der Waals surface area contributed by atoms with Crippen molar-refractivity contribution in [1.29, 1.82) is 0 Å². The van der Waals surface area contributed by atoms with Gasteiger partial charge in [-0.15, -0.1) is 0 Å². The molecule has 0 amide bonds. The SMILES string of the molecule is CC1CCC(CCC(N)C2CCCC2)O1. The molecule has 3 unspecified atom stereocenters. The minimum atomic E-state index is 0.437. The standard InChI is InChI=1S/C13H25NO/c1-10-6-7-12(15-10)8-9-13(14)11-4-2-3-5-11/h10-13H,2-9,14H2,1H3. The summed E-state index contributed by atoms with van der Waals surface area (Å²) in [5.74, 6) is 0.809. The topological polar surface area (TPSA) is 35.2 Å². The molecule has 1 saturated heterocycles. The van der Waals surface area contributed by atoms with Gasteiger partial charge < -0.3 is 10.5 Å². The smallest absolute Gasteiger partial charge is 0.0580 e. The van der Waals surface area contributed by atoms with E-state index in [1.54, 1.807) is 0 Å². The van der Waals surface area contributed by atoms with Crippen molar-refractivity contribution in [3.8, 4) is 0 Å². The Morgan fingerprint density at radius 2 is 1.93 bits per heavy atom. The predicted octanol–water partition coefficient (Wildman–Crippen LogP) is 2.85. The molecule has 0 spiro atoms. The van der Waals surface area contributed by atoms with Crippen LogP contribution in [0.4, 0.5) is 0 Å². The monoisotopic (exact) mass is 211 g/mol. The Morgan fingerprint density at radius 1 is 1.20 bits per heavy atom. The van der Waals surface area contributed by atoms with Crippen LogP contribution in [-0.2, 0) is 4.74 Å². The van der Waals surface area contributed by atoms with Crippen molar-refractivity contribution in [3.63, 3.8) is 0 Å². The number of hydrogen-bond acceptors (Lipinski definition) is 2. The molecule has 2 fully saturated rings. The molecule has 0 bridgehead atoms. The van der Waals surface area contributed by atoms with E-state index in [1.807, 2.05) is 0 Å². The van der Waals surface area contributed by atoms with E-state index in [2.05, 4.69) is 6.92 Å². The molecule has 0 aromatic rings. The quantitative estimate of drug-likeness (QED) is 0.776. The molecule has 0 aromatic carbocycles. The first-order valence-corrected chi connectivity index (χ1v) is 6.66. The highest BCUT2D eigenvalue weighted by molar-refractivity contribution is 4.80. The maximum absolute atomic E-state index is 6.24. The summed E-state index contributed by atoms with van der Waals surface area (Å²) in [7, 11) is 0. The van der Waals surface area contributed by atoms with Crippen molar-refractivity contribution in [2.24, 2.45) is 11.7 Å². The average molecular weight is 211 g/mol. The average Bonchev–Trinajstić information content (AvgIpc) is 2.84. The molecule has 1 aliphatic heterocycles. The van der Waals surface area contributed by atoms with Crippen LogP contribution in [-0.4, -0.2) is 18.2 Å². The molecule has 0 radical (unpaired) electrons. The first-order chi connectivity index (χ1) is 7.25. The zero-order valence-corrected chi connectivity index (χ0v) is 9.95. The molecule has 1 aliphatic carbocycles. The highest BCUT2D eigenvalue weighted by Gasteiger charge is 2.25. The molecule has 88 valence electrons. The van der Waals surface area contributed by atoms with Gasteiger partial charge in [0, 0.05) is 6.04 Å². The highest BCUT2D eigenvalue weighted by Crippen LogP contribution is 2.30. The van der Waals surface area contributed by atoms with Crippen LogP contribution in [0.2, 0.25) is 0 Å². The molecule has 1 saturated carbocycles. The number of hydrogen-bond donors (Lipinski definition) is 1. The van der Waals surface area contributed by atoms with Gasteiger partial charge >= 0.3 is 0 Å². The second kappa shape index (κ2) is 5.31. The van der Waals surface area contributed by atoms with Crippen molar-refractivity contribution in [3.05, 3.63) is 0 Å². The van der Waals surface area contributed by atoms with Crippen LogP contribution in [0.15, 0.2) is 0 Å². The van der Waals surface area contributed by atoms with E-state index in [-0.39, 0.29) is 0 Å². The van der Waals surface area contributed by atoms with Crippen LogP contribution < -0.4 is 5.73 Å². The van der Waals surface area contributed by atoms with Crippen molar-refractivity contribution < 1.29 is 4.74 Å². The summed E-state index contributed by atoms with van der Waals surface area (Å²) in [5, 5.41) is 0. The van der Waals surface area contributed by atoms with Crippen molar-refractivity contribution in [1.82, 2.24) is 0 Å². The Morgan fingerprint density at radius 3 is 2.53 bits per heavy atom. The second-order valence-electron chi connectivity index (χ2n) is 5.43. The van der Waals surface area contributed by atoms with Gasteiger partial charge in [-0.25, -0.2) is 0 Å². The van der Waals surface area contributed by atoms with E-state index >= 15 is 0 Å². The maximum atomic E-state index is 6.24. The van der Waals surface area contributed by atoms with Crippen molar-refractivity contribution in [2.75, 3.05) is 0 Å². The summed E-state index contributed by atoms with van der Waals surface area (Å²) in [5.41, 5.74) is 6.24. The Hall–Kier alpha value is -0.0800. The molecule has 2 rings (SSSR count). The van der Waals surface area contributed by atoms with Gasteiger partial charge in [0.1, 0.15) is 0 Å². The van der Waals surface area contributed by atoms with E-state index in [4.69, 9.17) is 10.5 Å². The lowest BCUT2D eigenvalue weighted by Gasteiger charge is -2.20. The normalized spacial score (nSPS) is 34.8. The van der Waals surface area contributed by atoms with Crippen LogP contribution in [0.25, 0.3) is 0 Å². The second-order valence-corrected chi connectivity index (χ2v) is 5.43. The van der Waals surface area contributed by atoms with Gasteiger partial charge in [-0.05, 0) is 51.4 Å². The lowest BCUT2D eigenvalue weighted by atomic mass is 9.93. The van der Waals surface area contributed by atoms with Gasteiger partial charge in [0.2, 0.25) is 0 Å². The molecule has 15 heavy (non-hydrogen) atoms. The van der Waals surface area contributed by atoms with Crippen molar-refractivity contribution in [2.45, 2.75) is 76.5 Å². The molecular weight excluding hydrogens is 186 g/mol. The third-order valence-electron chi connectivity index (χ3n) is 4.15. The van der Waals surface area contributed by atoms with Crippen LogP contribution in [0, 0.1) is 5.92 Å². The van der Waals surface area contributed by atoms with Gasteiger partial charge in [-0.2, -0.15) is 0 Å². The van der Waals surface area contributed by atoms with Crippen LogP contribution in [0.1, 0.15) is 58.3 Å². The van der Waals surface area contributed by atoms with Crippen LogP contribution in [0.5, 0.6) is 0 Å². The van der Waals surface area contributed by atoms with Crippen LogP contribution >= 0.6 is 0 Å². The molecule has 3 atom stereocenters. The number of ether oxygens (including phenoxy) is 1. The summed E-state index contributed by atoms with van der Waals surface area (Å²) in [6.45, 7) is 2.18. The largest absolute Gasteiger partial charge is 0.375 e. The van der Waals surface area contributed by atoms with E-state index in [1.165, 1.54) is 51.4 Å². The Bertz CT molecular complexity index is 189. The van der Waals surface area contributed by atoms with Gasteiger partial charge in [0.25, 0.3) is 0 Å². The molecule has 1 heterocycles. The highest BCUT2D eigenvalue weighted by atomic mass is 16.5. The lowest BCUT2D eigenvalue weighted by Crippen LogP contribution is -2.29. The fourth-order valence-electron chi connectivity index (χ4n) is 3.10. The van der Waals surface area contributed by atoms with Gasteiger partial charge in [0.05, 0.1) is 12.2 Å². The predicted molar refractivity (Wildman–Crippen MR) is 62.7 cm³/mol. The summed E-state index contributed by atoms with van der Waals surface area (Å²) < 4.78 is 5.82. The minimum Gasteiger partial charge on any atom is -0.375 e. The zero-order chi connectivity index (χ0) is 10.7. The lowest BCUT2D eigenvalue weighted by molar-refractivity contribution is 0.0477. The van der Waals surface area contributed by atoms with Gasteiger partial charge in [0.15, 0.2) is 0 Å². The minimum absolute atomic E-state index is 0.437. The van der Waals surface area contributed by atoms with E-state index in [9.17, 15) is 0 Å². The summed E-state index contributed by atoms with van der Waals surface area (Å²) in [6, 6.07) is 0.437. The molecule has 2 nitrogen and oxygen atoms in total. The summed E-state index contributed by atoms with van der Waals surface area (Å²) in [6.07, 6.45) is 11.4. The molecule has 2 aliphatic rings. The first-order valence-electron chi connectivity index (χ1n) is 6.66. The fourth-order valence-corrected chi connectivity index (χ4v) is 3.10. The Balaban J connectivity index is 1.64. The third kappa shape index (κ3) is 3.18. The van der Waals surface area contributed by atoms with Gasteiger partial charge in [-0.1, -0.05) is 12.8 Å².